The topological polar surface area (TPSA) is 38.5 Å². The Kier molecular flexibility index (Phi) is 2.16. The van der Waals surface area contributed by atoms with E-state index in [0.717, 1.165) is 19.3 Å². The molecule has 0 aromatic heterocycles. The number of fused-ring (bicyclic) bond motifs is 1. The normalized spacial score (nSPS) is 37.7. The first kappa shape index (κ1) is 10.7. The van der Waals surface area contributed by atoms with Crippen LogP contribution in [0, 0.1) is 5.41 Å². The zero-order valence-electron chi connectivity index (χ0n) is 10.7. The second-order valence-electron chi connectivity index (χ2n) is 5.91. The van der Waals surface area contributed by atoms with Crippen LogP contribution >= 0.6 is 0 Å². The molecule has 0 bridgehead atoms. The molecule has 18 heavy (non-hydrogen) atoms. The minimum absolute atomic E-state index is 0.111. The van der Waals surface area contributed by atoms with Gasteiger partial charge in [0.15, 0.2) is 0 Å². The number of ether oxygens (including phenoxy) is 1. The molecule has 1 spiro atoms. The summed E-state index contributed by atoms with van der Waals surface area (Å²) in [4.78, 5) is 2.27. The van der Waals surface area contributed by atoms with E-state index in [4.69, 9.17) is 10.5 Å². The standard InChI is InChI=1S/C15H20N2O/c16-13-9-15-7-3-1-5-11(15)10-17-8-4-2-6-12(17)14(15)18-13/h4,8,10,13H,1-3,5-7,9,16H2. The summed E-state index contributed by atoms with van der Waals surface area (Å²) in [5, 5.41) is 0. The van der Waals surface area contributed by atoms with Crippen molar-refractivity contribution in [2.45, 2.75) is 51.2 Å². The van der Waals surface area contributed by atoms with Gasteiger partial charge in [0.2, 0.25) is 0 Å². The fourth-order valence-electron chi connectivity index (χ4n) is 4.06. The minimum Gasteiger partial charge on any atom is -0.477 e. The number of hydrogen-bond acceptors (Lipinski definition) is 3. The summed E-state index contributed by atoms with van der Waals surface area (Å²) in [6.45, 7) is 0. The first-order valence-corrected chi connectivity index (χ1v) is 7.12. The van der Waals surface area contributed by atoms with Gasteiger partial charge in [-0.2, -0.15) is 0 Å². The van der Waals surface area contributed by atoms with E-state index < -0.39 is 0 Å². The second kappa shape index (κ2) is 3.64. The molecule has 0 aromatic carbocycles. The fourth-order valence-corrected chi connectivity index (χ4v) is 4.06. The van der Waals surface area contributed by atoms with Crippen LogP contribution < -0.4 is 5.73 Å². The first-order chi connectivity index (χ1) is 8.79. The van der Waals surface area contributed by atoms with Gasteiger partial charge in [0.25, 0.3) is 0 Å². The lowest BCUT2D eigenvalue weighted by Gasteiger charge is -2.42. The molecule has 0 radical (unpaired) electrons. The Balaban J connectivity index is 1.88. The lowest BCUT2D eigenvalue weighted by Crippen LogP contribution is -2.34. The van der Waals surface area contributed by atoms with Gasteiger partial charge in [-0.05, 0) is 37.7 Å². The fraction of sp³-hybridized carbons (Fsp3) is 0.600. The highest BCUT2D eigenvalue weighted by Crippen LogP contribution is 2.57. The van der Waals surface area contributed by atoms with Crippen LogP contribution in [-0.4, -0.2) is 11.1 Å². The van der Waals surface area contributed by atoms with Crippen molar-refractivity contribution in [3.05, 3.63) is 35.5 Å². The predicted molar refractivity (Wildman–Crippen MR) is 69.9 cm³/mol. The van der Waals surface area contributed by atoms with Gasteiger partial charge in [-0.15, -0.1) is 0 Å². The van der Waals surface area contributed by atoms with Crippen LogP contribution in [0.3, 0.4) is 0 Å². The molecular formula is C15H20N2O. The van der Waals surface area contributed by atoms with Crippen molar-refractivity contribution in [3.63, 3.8) is 0 Å². The maximum atomic E-state index is 6.10. The third kappa shape index (κ3) is 1.28. The lowest BCUT2D eigenvalue weighted by atomic mass is 9.66. The Labute approximate surface area is 108 Å². The van der Waals surface area contributed by atoms with Crippen molar-refractivity contribution >= 4 is 0 Å². The van der Waals surface area contributed by atoms with Crippen molar-refractivity contribution in [1.29, 1.82) is 0 Å². The molecule has 2 unspecified atom stereocenters. The van der Waals surface area contributed by atoms with Crippen molar-refractivity contribution in [1.82, 2.24) is 4.90 Å². The third-order valence-corrected chi connectivity index (χ3v) is 4.85. The molecule has 1 saturated carbocycles. The van der Waals surface area contributed by atoms with Gasteiger partial charge in [-0.1, -0.05) is 12.5 Å². The van der Waals surface area contributed by atoms with Gasteiger partial charge >= 0.3 is 0 Å². The van der Waals surface area contributed by atoms with E-state index in [1.165, 1.54) is 37.1 Å². The average Bonchev–Trinajstić information content (AvgIpc) is 2.72. The summed E-state index contributed by atoms with van der Waals surface area (Å²) >= 11 is 0. The van der Waals surface area contributed by atoms with E-state index in [9.17, 15) is 0 Å². The summed E-state index contributed by atoms with van der Waals surface area (Å²) in [6, 6.07) is 0. The van der Waals surface area contributed by atoms with Crippen LogP contribution in [0.15, 0.2) is 35.5 Å². The third-order valence-electron chi connectivity index (χ3n) is 4.85. The molecule has 0 amide bonds. The Morgan fingerprint density at radius 3 is 3.22 bits per heavy atom. The SMILES string of the molecule is NC1CC23CCCCC2=CN2C=CCCC2=C3O1. The van der Waals surface area contributed by atoms with E-state index in [2.05, 4.69) is 23.4 Å². The van der Waals surface area contributed by atoms with E-state index in [0.29, 0.717) is 0 Å². The van der Waals surface area contributed by atoms with Gasteiger partial charge in [0.1, 0.15) is 12.0 Å². The van der Waals surface area contributed by atoms with E-state index in [1.807, 2.05) is 0 Å². The largest absolute Gasteiger partial charge is 0.477 e. The van der Waals surface area contributed by atoms with Crippen molar-refractivity contribution < 1.29 is 4.74 Å². The number of allylic oxidation sites excluding steroid dienone is 3. The molecule has 96 valence electrons. The summed E-state index contributed by atoms with van der Waals surface area (Å²) in [6.07, 6.45) is 14.9. The predicted octanol–water partition coefficient (Wildman–Crippen LogP) is 2.97. The van der Waals surface area contributed by atoms with Crippen LogP contribution in [0.5, 0.6) is 0 Å². The number of nitrogens with zero attached hydrogens (tertiary/aromatic N) is 1. The molecule has 2 fully saturated rings. The molecule has 3 heteroatoms. The molecule has 3 aliphatic heterocycles. The minimum atomic E-state index is -0.111. The van der Waals surface area contributed by atoms with Gasteiger partial charge in [0, 0.05) is 18.8 Å². The van der Waals surface area contributed by atoms with Crippen LogP contribution in [-0.2, 0) is 4.74 Å². The van der Waals surface area contributed by atoms with Gasteiger partial charge in [0.05, 0.1) is 11.1 Å². The van der Waals surface area contributed by atoms with Crippen molar-refractivity contribution in [3.8, 4) is 0 Å². The maximum Gasteiger partial charge on any atom is 0.148 e. The summed E-state index contributed by atoms with van der Waals surface area (Å²) in [7, 11) is 0. The van der Waals surface area contributed by atoms with Crippen LogP contribution in [0.1, 0.15) is 44.9 Å². The van der Waals surface area contributed by atoms with E-state index in [1.54, 1.807) is 5.57 Å². The van der Waals surface area contributed by atoms with Gasteiger partial charge in [-0.25, -0.2) is 0 Å². The highest BCUT2D eigenvalue weighted by molar-refractivity contribution is 5.40. The van der Waals surface area contributed by atoms with Crippen LogP contribution in [0.4, 0.5) is 0 Å². The van der Waals surface area contributed by atoms with Crippen LogP contribution in [0.25, 0.3) is 0 Å². The monoisotopic (exact) mass is 244 g/mol. The number of hydrogen-bond donors (Lipinski definition) is 1. The zero-order chi connectivity index (χ0) is 12.2. The molecule has 0 aromatic rings. The zero-order valence-corrected chi connectivity index (χ0v) is 10.7. The molecule has 3 nitrogen and oxygen atoms in total. The van der Waals surface area contributed by atoms with Crippen molar-refractivity contribution in [2.24, 2.45) is 11.1 Å². The molecule has 4 aliphatic rings. The Bertz CT molecular complexity index is 477. The molecule has 4 rings (SSSR count). The van der Waals surface area contributed by atoms with Crippen LogP contribution in [0.2, 0.25) is 0 Å². The molecular weight excluding hydrogens is 224 g/mol. The van der Waals surface area contributed by atoms with E-state index >= 15 is 0 Å². The Morgan fingerprint density at radius 2 is 2.28 bits per heavy atom. The van der Waals surface area contributed by atoms with E-state index in [-0.39, 0.29) is 11.6 Å². The second-order valence-corrected chi connectivity index (χ2v) is 5.91. The molecule has 2 atom stereocenters. The number of rotatable bonds is 0. The quantitative estimate of drug-likeness (QED) is 0.712. The molecule has 1 saturated heterocycles. The highest BCUT2D eigenvalue weighted by atomic mass is 16.5. The Hall–Kier alpha value is -1.22. The molecule has 1 aliphatic carbocycles. The summed E-state index contributed by atoms with van der Waals surface area (Å²) in [5.74, 6) is 1.21. The highest BCUT2D eigenvalue weighted by Gasteiger charge is 2.51. The maximum absolute atomic E-state index is 6.10. The van der Waals surface area contributed by atoms with Gasteiger partial charge in [-0.3, -0.25) is 5.73 Å². The molecule has 3 heterocycles. The first-order valence-electron chi connectivity index (χ1n) is 7.12. The Morgan fingerprint density at radius 1 is 1.33 bits per heavy atom. The average molecular weight is 244 g/mol. The summed E-state index contributed by atoms with van der Waals surface area (Å²) in [5.41, 5.74) is 9.16. The summed E-state index contributed by atoms with van der Waals surface area (Å²) < 4.78 is 6.04. The van der Waals surface area contributed by atoms with Crippen molar-refractivity contribution in [2.75, 3.05) is 0 Å². The molecule has 2 N–H and O–H groups in total. The number of nitrogens with two attached hydrogens (primary N) is 1. The smallest absolute Gasteiger partial charge is 0.148 e. The van der Waals surface area contributed by atoms with Gasteiger partial charge < -0.3 is 9.64 Å². The lowest BCUT2D eigenvalue weighted by molar-refractivity contribution is 0.152.